The number of hydrogen-bond donors (Lipinski definition) is 1. The predicted octanol–water partition coefficient (Wildman–Crippen LogP) is 4.68. The van der Waals surface area contributed by atoms with Crippen LogP contribution in [0.3, 0.4) is 0 Å². The highest BCUT2D eigenvalue weighted by molar-refractivity contribution is 5.91. The van der Waals surface area contributed by atoms with Gasteiger partial charge in [0.2, 0.25) is 11.8 Å². The maximum Gasteiger partial charge on any atom is 0.333 e. The van der Waals surface area contributed by atoms with Gasteiger partial charge in [-0.1, -0.05) is 83.5 Å². The third-order valence-corrected chi connectivity index (χ3v) is 6.64. The standard InChI is InChI=1S/C24H43N3O4.C6H6/c1-10-31-23(30)17(4)15-19(16(2)3)27(9)22(29)20(24(5,6)7)25-21(28)18-13-11-12-14-26(18)8;1-2-4-6-5-3-1/h15-16,18-20H,10-14H2,1-9H3,(H,25,28);1-6H/b17-15+;/t18-,19+,20+;/m0./s1. The molecule has 3 atom stereocenters. The van der Waals surface area contributed by atoms with Gasteiger partial charge in [-0.3, -0.25) is 14.5 Å². The van der Waals surface area contributed by atoms with Gasteiger partial charge < -0.3 is 15.0 Å². The van der Waals surface area contributed by atoms with Crippen molar-refractivity contribution in [1.29, 1.82) is 0 Å². The predicted molar refractivity (Wildman–Crippen MR) is 150 cm³/mol. The lowest BCUT2D eigenvalue weighted by atomic mass is 9.84. The van der Waals surface area contributed by atoms with Gasteiger partial charge >= 0.3 is 5.97 Å². The fraction of sp³-hybridized carbons (Fsp3) is 0.633. The molecule has 1 aromatic rings. The van der Waals surface area contributed by atoms with Gasteiger partial charge in [-0.25, -0.2) is 4.79 Å². The Hall–Kier alpha value is -2.67. The van der Waals surface area contributed by atoms with Crippen molar-refractivity contribution < 1.29 is 19.1 Å². The summed E-state index contributed by atoms with van der Waals surface area (Å²) in [6.07, 6.45) is 4.70. The van der Waals surface area contributed by atoms with Crippen LogP contribution in [0.15, 0.2) is 48.0 Å². The van der Waals surface area contributed by atoms with Crippen LogP contribution < -0.4 is 5.32 Å². The molecule has 7 heteroatoms. The first-order chi connectivity index (χ1) is 17.3. The number of carbonyl (C=O) groups excluding carboxylic acids is 3. The van der Waals surface area contributed by atoms with Crippen molar-refractivity contribution in [1.82, 2.24) is 15.1 Å². The summed E-state index contributed by atoms with van der Waals surface area (Å²) in [5.74, 6) is -0.553. The summed E-state index contributed by atoms with van der Waals surface area (Å²) in [7, 11) is 3.70. The van der Waals surface area contributed by atoms with E-state index >= 15 is 0 Å². The molecule has 208 valence electrons. The average molecular weight is 516 g/mol. The first kappa shape index (κ1) is 32.4. The topological polar surface area (TPSA) is 79.0 Å². The lowest BCUT2D eigenvalue weighted by Gasteiger charge is -2.39. The second-order valence-corrected chi connectivity index (χ2v) is 11.2. The summed E-state index contributed by atoms with van der Waals surface area (Å²) in [6, 6.07) is 10.8. The van der Waals surface area contributed by atoms with Gasteiger partial charge in [0.25, 0.3) is 0 Å². The molecule has 0 bridgehead atoms. The zero-order valence-electron chi connectivity index (χ0n) is 24.4. The van der Waals surface area contributed by atoms with E-state index in [9.17, 15) is 14.4 Å². The number of rotatable bonds is 8. The van der Waals surface area contributed by atoms with Gasteiger partial charge in [-0.2, -0.15) is 0 Å². The molecule has 37 heavy (non-hydrogen) atoms. The fourth-order valence-electron chi connectivity index (χ4n) is 4.35. The molecule has 1 saturated heterocycles. The molecule has 0 spiro atoms. The molecule has 1 aliphatic heterocycles. The van der Waals surface area contributed by atoms with E-state index in [2.05, 4.69) is 10.2 Å². The van der Waals surface area contributed by atoms with E-state index in [0.717, 1.165) is 25.8 Å². The highest BCUT2D eigenvalue weighted by Gasteiger charge is 2.39. The molecule has 7 nitrogen and oxygen atoms in total. The van der Waals surface area contributed by atoms with Crippen LogP contribution in [0.4, 0.5) is 0 Å². The smallest absolute Gasteiger partial charge is 0.333 e. The van der Waals surface area contributed by atoms with E-state index in [1.165, 1.54) is 0 Å². The van der Waals surface area contributed by atoms with E-state index < -0.39 is 11.5 Å². The Bertz CT molecular complexity index is 850. The van der Waals surface area contributed by atoms with Crippen LogP contribution in [0.1, 0.15) is 67.7 Å². The summed E-state index contributed by atoms with van der Waals surface area (Å²) in [5.41, 5.74) is 0.00994. The normalized spacial score (nSPS) is 18.2. The maximum absolute atomic E-state index is 13.6. The van der Waals surface area contributed by atoms with Crippen molar-refractivity contribution in [2.45, 2.75) is 85.9 Å². The molecule has 1 aromatic carbocycles. The lowest BCUT2D eigenvalue weighted by molar-refractivity contribution is -0.141. The van der Waals surface area contributed by atoms with E-state index in [1.807, 2.05) is 78.1 Å². The number of benzene rings is 1. The minimum Gasteiger partial charge on any atom is -0.463 e. The summed E-state index contributed by atoms with van der Waals surface area (Å²) in [4.78, 5) is 42.4. The monoisotopic (exact) mass is 515 g/mol. The van der Waals surface area contributed by atoms with Crippen LogP contribution in [-0.4, -0.2) is 73.0 Å². The van der Waals surface area contributed by atoms with Crippen LogP contribution >= 0.6 is 0 Å². The van der Waals surface area contributed by atoms with Crippen LogP contribution in [0, 0.1) is 11.3 Å². The van der Waals surface area contributed by atoms with Crippen LogP contribution in [-0.2, 0) is 19.1 Å². The molecule has 1 N–H and O–H groups in total. The summed E-state index contributed by atoms with van der Waals surface area (Å²) >= 11 is 0. The number of likely N-dealkylation sites (tertiary alicyclic amines) is 1. The first-order valence-corrected chi connectivity index (χ1v) is 13.4. The molecule has 1 heterocycles. The Morgan fingerprint density at radius 3 is 2.05 bits per heavy atom. The molecule has 0 aliphatic carbocycles. The third kappa shape index (κ3) is 10.7. The van der Waals surface area contributed by atoms with Crippen molar-refractivity contribution >= 4 is 17.8 Å². The Balaban J connectivity index is 0.000000992. The Morgan fingerprint density at radius 1 is 1.08 bits per heavy atom. The van der Waals surface area contributed by atoms with Crippen LogP contribution in [0.5, 0.6) is 0 Å². The van der Waals surface area contributed by atoms with Crippen molar-refractivity contribution in [3.05, 3.63) is 48.0 Å². The molecule has 2 amide bonds. The van der Waals surface area contributed by atoms with Crippen molar-refractivity contribution in [2.75, 3.05) is 27.2 Å². The molecule has 2 rings (SSSR count). The number of esters is 1. The zero-order chi connectivity index (χ0) is 28.2. The van der Waals surface area contributed by atoms with Crippen LogP contribution in [0.2, 0.25) is 0 Å². The number of hydrogen-bond acceptors (Lipinski definition) is 5. The molecule has 0 unspecified atom stereocenters. The quantitative estimate of drug-likeness (QED) is 0.402. The van der Waals surface area contributed by atoms with E-state index in [1.54, 1.807) is 31.9 Å². The Kier molecular flexibility index (Phi) is 13.6. The molecule has 0 radical (unpaired) electrons. The number of piperidine rings is 1. The largest absolute Gasteiger partial charge is 0.463 e. The Labute approximate surface area is 224 Å². The second kappa shape index (κ2) is 15.6. The maximum atomic E-state index is 13.6. The second-order valence-electron chi connectivity index (χ2n) is 11.2. The van der Waals surface area contributed by atoms with Gasteiger partial charge in [-0.15, -0.1) is 0 Å². The van der Waals surface area contributed by atoms with Gasteiger partial charge in [0.05, 0.1) is 18.7 Å². The third-order valence-electron chi connectivity index (χ3n) is 6.64. The number of ether oxygens (including phenoxy) is 1. The Morgan fingerprint density at radius 2 is 1.62 bits per heavy atom. The van der Waals surface area contributed by atoms with Gasteiger partial charge in [0.15, 0.2) is 0 Å². The van der Waals surface area contributed by atoms with Gasteiger partial charge in [0.1, 0.15) is 6.04 Å². The highest BCUT2D eigenvalue weighted by Crippen LogP contribution is 2.25. The van der Waals surface area contributed by atoms with Gasteiger partial charge in [0, 0.05) is 12.6 Å². The molecular weight excluding hydrogens is 466 g/mol. The summed E-state index contributed by atoms with van der Waals surface area (Å²) in [6.45, 7) is 14.5. The van der Waals surface area contributed by atoms with E-state index in [-0.39, 0.29) is 35.8 Å². The summed E-state index contributed by atoms with van der Waals surface area (Å²) in [5, 5.41) is 3.04. The molecular formula is C30H49N3O4. The van der Waals surface area contributed by atoms with E-state index in [0.29, 0.717) is 12.2 Å². The highest BCUT2D eigenvalue weighted by atomic mass is 16.5. The number of carbonyl (C=O) groups is 3. The number of amides is 2. The summed E-state index contributed by atoms with van der Waals surface area (Å²) < 4.78 is 5.08. The van der Waals surface area contributed by atoms with Crippen molar-refractivity contribution in [3.8, 4) is 0 Å². The number of likely N-dealkylation sites (N-methyl/N-ethyl adjacent to an activating group) is 2. The van der Waals surface area contributed by atoms with Crippen molar-refractivity contribution in [2.24, 2.45) is 11.3 Å². The van der Waals surface area contributed by atoms with Gasteiger partial charge in [-0.05, 0) is 51.6 Å². The number of nitrogens with zero attached hydrogens (tertiary/aromatic N) is 2. The minimum atomic E-state index is -0.669. The minimum absolute atomic E-state index is 0.0825. The number of nitrogens with one attached hydrogen (secondary N) is 1. The molecule has 0 aromatic heterocycles. The first-order valence-electron chi connectivity index (χ1n) is 13.4. The fourth-order valence-corrected chi connectivity index (χ4v) is 4.35. The van der Waals surface area contributed by atoms with E-state index in [4.69, 9.17) is 4.74 Å². The molecule has 0 saturated carbocycles. The molecule has 1 aliphatic rings. The average Bonchev–Trinajstić information content (AvgIpc) is 2.85. The SMILES string of the molecule is CCOC(=O)/C(C)=C/[C@H](C(C)C)N(C)C(=O)[C@@H](NC(=O)[C@@H]1CCCCN1C)C(C)(C)C.c1ccccc1. The molecule has 1 fully saturated rings. The zero-order valence-corrected chi connectivity index (χ0v) is 24.4. The van der Waals surface area contributed by atoms with Crippen LogP contribution in [0.25, 0.3) is 0 Å². The lowest BCUT2D eigenvalue weighted by Crippen LogP contribution is -2.59. The van der Waals surface area contributed by atoms with Crippen molar-refractivity contribution in [3.63, 3.8) is 0 Å².